The molecule has 4 nitrogen and oxygen atoms in total. The molecule has 0 aliphatic heterocycles. The Hall–Kier alpha value is -2.20. The van der Waals surface area contributed by atoms with E-state index in [1.54, 1.807) is 19.2 Å². The summed E-state index contributed by atoms with van der Waals surface area (Å²) in [6.07, 6.45) is 0. The second-order valence-corrected chi connectivity index (χ2v) is 5.24. The molecule has 2 aromatic rings. The average Bonchev–Trinajstić information content (AvgIpc) is 2.47. The second-order valence-electron chi connectivity index (χ2n) is 5.24. The molecule has 0 fully saturated rings. The molecule has 2 aromatic carbocycles. The Labute approximate surface area is 126 Å². The lowest BCUT2D eigenvalue weighted by molar-refractivity contribution is 0.403. The van der Waals surface area contributed by atoms with Crippen molar-refractivity contribution in [1.29, 1.82) is 0 Å². The van der Waals surface area contributed by atoms with Gasteiger partial charge in [0, 0.05) is 24.3 Å². The van der Waals surface area contributed by atoms with Crippen LogP contribution in [0.2, 0.25) is 0 Å². The molecule has 112 valence electrons. The molecule has 0 aliphatic carbocycles. The van der Waals surface area contributed by atoms with Crippen molar-refractivity contribution in [3.8, 4) is 11.5 Å². The first-order valence-corrected chi connectivity index (χ1v) is 6.92. The van der Waals surface area contributed by atoms with E-state index in [9.17, 15) is 5.11 Å². The van der Waals surface area contributed by atoms with Crippen molar-refractivity contribution in [2.75, 3.05) is 26.5 Å². The third-order valence-corrected chi connectivity index (χ3v) is 3.26. The molecule has 0 spiro atoms. The number of methoxy groups -OCH3 is 1. The summed E-state index contributed by atoms with van der Waals surface area (Å²) in [6, 6.07) is 13.4. The zero-order valence-electron chi connectivity index (χ0n) is 12.8. The maximum atomic E-state index is 9.92. The van der Waals surface area contributed by atoms with Crippen LogP contribution in [-0.4, -0.2) is 31.2 Å². The third-order valence-electron chi connectivity index (χ3n) is 3.26. The van der Waals surface area contributed by atoms with Crippen LogP contribution in [0.3, 0.4) is 0 Å². The summed E-state index contributed by atoms with van der Waals surface area (Å²) in [4.78, 5) is 2.13. The lowest BCUT2D eigenvalue weighted by atomic mass is 10.1. The van der Waals surface area contributed by atoms with Gasteiger partial charge < -0.3 is 20.1 Å². The number of hydrogen-bond donors (Lipinski definition) is 2. The van der Waals surface area contributed by atoms with Crippen molar-refractivity contribution < 1.29 is 9.84 Å². The van der Waals surface area contributed by atoms with E-state index in [0.29, 0.717) is 6.54 Å². The van der Waals surface area contributed by atoms with Gasteiger partial charge in [0.2, 0.25) is 0 Å². The van der Waals surface area contributed by atoms with Crippen molar-refractivity contribution in [2.24, 2.45) is 0 Å². The summed E-state index contributed by atoms with van der Waals surface area (Å²) in [5.41, 5.74) is 3.12. The highest BCUT2D eigenvalue weighted by atomic mass is 16.5. The minimum atomic E-state index is 0.272. The van der Waals surface area contributed by atoms with Gasteiger partial charge in [-0.2, -0.15) is 0 Å². The van der Waals surface area contributed by atoms with E-state index in [0.717, 1.165) is 23.5 Å². The van der Waals surface area contributed by atoms with E-state index in [1.165, 1.54) is 5.56 Å². The van der Waals surface area contributed by atoms with Gasteiger partial charge in [0.25, 0.3) is 0 Å². The van der Waals surface area contributed by atoms with Crippen LogP contribution in [0.4, 0.5) is 5.69 Å². The van der Waals surface area contributed by atoms with Gasteiger partial charge in [-0.1, -0.05) is 18.2 Å². The zero-order chi connectivity index (χ0) is 15.2. The molecule has 4 heteroatoms. The van der Waals surface area contributed by atoms with Crippen molar-refractivity contribution >= 4 is 5.69 Å². The van der Waals surface area contributed by atoms with Crippen LogP contribution in [-0.2, 0) is 13.1 Å². The van der Waals surface area contributed by atoms with Gasteiger partial charge in [0.1, 0.15) is 11.5 Å². The third kappa shape index (κ3) is 4.13. The van der Waals surface area contributed by atoms with Crippen molar-refractivity contribution in [1.82, 2.24) is 4.90 Å². The normalized spacial score (nSPS) is 10.7. The molecule has 0 saturated carbocycles. The first-order chi connectivity index (χ1) is 10.1. The van der Waals surface area contributed by atoms with Crippen LogP contribution in [0.5, 0.6) is 11.5 Å². The molecule has 0 amide bonds. The number of benzene rings is 2. The quantitative estimate of drug-likeness (QED) is 0.856. The Morgan fingerprint density at radius 3 is 2.57 bits per heavy atom. The molecule has 0 saturated heterocycles. The highest BCUT2D eigenvalue weighted by molar-refractivity contribution is 5.52. The number of ether oxygens (including phenoxy) is 1. The maximum Gasteiger partial charge on any atom is 0.120 e. The Morgan fingerprint density at radius 2 is 1.86 bits per heavy atom. The topological polar surface area (TPSA) is 44.7 Å². The molecule has 0 radical (unpaired) electrons. The Balaban J connectivity index is 2.13. The molecule has 2 rings (SSSR count). The summed E-state index contributed by atoms with van der Waals surface area (Å²) in [7, 11) is 5.71. The molecular weight excluding hydrogens is 264 g/mol. The number of nitrogens with one attached hydrogen (secondary N) is 1. The predicted octanol–water partition coefficient (Wildman–Crippen LogP) is 3.07. The van der Waals surface area contributed by atoms with Crippen LogP contribution in [0.15, 0.2) is 42.5 Å². The maximum absolute atomic E-state index is 9.92. The SMILES string of the molecule is COc1ccc(O)c(CNc2ccccc2CN(C)C)c1. The fraction of sp³-hybridized carbons (Fsp3) is 0.294. The second kappa shape index (κ2) is 6.99. The van der Waals surface area contributed by atoms with Crippen LogP contribution >= 0.6 is 0 Å². The summed E-state index contributed by atoms with van der Waals surface area (Å²) in [5.74, 6) is 1.01. The van der Waals surface area contributed by atoms with Gasteiger partial charge in [-0.15, -0.1) is 0 Å². The largest absolute Gasteiger partial charge is 0.508 e. The van der Waals surface area contributed by atoms with E-state index in [2.05, 4.69) is 22.3 Å². The fourth-order valence-corrected chi connectivity index (χ4v) is 2.19. The Bertz CT molecular complexity index is 597. The number of para-hydroxylation sites is 1. The standard InChI is InChI=1S/C17H22N2O2/c1-19(2)12-13-6-4-5-7-16(13)18-11-14-10-15(21-3)8-9-17(14)20/h4-10,18,20H,11-12H2,1-3H3. The zero-order valence-corrected chi connectivity index (χ0v) is 12.8. The lowest BCUT2D eigenvalue weighted by Crippen LogP contribution is -2.12. The van der Waals surface area contributed by atoms with Crippen LogP contribution in [0.25, 0.3) is 0 Å². The number of phenolic OH excluding ortho intramolecular Hbond substituents is 1. The molecule has 0 aromatic heterocycles. The molecule has 0 atom stereocenters. The van der Waals surface area contributed by atoms with E-state index in [4.69, 9.17) is 4.74 Å². The lowest BCUT2D eigenvalue weighted by Gasteiger charge is -2.16. The smallest absolute Gasteiger partial charge is 0.120 e. The van der Waals surface area contributed by atoms with Crippen LogP contribution in [0.1, 0.15) is 11.1 Å². The predicted molar refractivity (Wildman–Crippen MR) is 85.8 cm³/mol. The van der Waals surface area contributed by atoms with Crippen LogP contribution in [0, 0.1) is 0 Å². The highest BCUT2D eigenvalue weighted by Crippen LogP contribution is 2.24. The van der Waals surface area contributed by atoms with Gasteiger partial charge in [-0.05, 0) is 43.9 Å². The number of anilines is 1. The summed E-state index contributed by atoms with van der Waals surface area (Å²) in [6.45, 7) is 1.42. The molecule has 0 aliphatic rings. The first kappa shape index (κ1) is 15.2. The Morgan fingerprint density at radius 1 is 1.10 bits per heavy atom. The Kier molecular flexibility index (Phi) is 5.06. The van der Waals surface area contributed by atoms with Crippen molar-refractivity contribution in [3.05, 3.63) is 53.6 Å². The van der Waals surface area contributed by atoms with Gasteiger partial charge >= 0.3 is 0 Å². The van der Waals surface area contributed by atoms with E-state index < -0.39 is 0 Å². The van der Waals surface area contributed by atoms with E-state index >= 15 is 0 Å². The molecule has 0 heterocycles. The number of phenols is 1. The molecule has 2 N–H and O–H groups in total. The monoisotopic (exact) mass is 286 g/mol. The van der Waals surface area contributed by atoms with Gasteiger partial charge in [-0.3, -0.25) is 0 Å². The molecular formula is C17H22N2O2. The van der Waals surface area contributed by atoms with Crippen LogP contribution < -0.4 is 10.1 Å². The summed E-state index contributed by atoms with van der Waals surface area (Å²) < 4.78 is 5.19. The number of nitrogens with zero attached hydrogens (tertiary/aromatic N) is 1. The van der Waals surface area contributed by atoms with Gasteiger partial charge in [-0.25, -0.2) is 0 Å². The van der Waals surface area contributed by atoms with Crippen molar-refractivity contribution in [3.63, 3.8) is 0 Å². The number of rotatable bonds is 6. The van der Waals surface area contributed by atoms with Crippen molar-refractivity contribution in [2.45, 2.75) is 13.1 Å². The summed E-state index contributed by atoms with van der Waals surface area (Å²) in [5, 5.41) is 13.3. The minimum Gasteiger partial charge on any atom is -0.508 e. The fourth-order valence-electron chi connectivity index (χ4n) is 2.19. The van der Waals surface area contributed by atoms with E-state index in [1.807, 2.05) is 32.3 Å². The number of aromatic hydroxyl groups is 1. The molecule has 21 heavy (non-hydrogen) atoms. The van der Waals surface area contributed by atoms with Gasteiger partial charge in [0.15, 0.2) is 0 Å². The summed E-state index contributed by atoms with van der Waals surface area (Å²) >= 11 is 0. The molecule has 0 unspecified atom stereocenters. The number of hydrogen-bond acceptors (Lipinski definition) is 4. The van der Waals surface area contributed by atoms with E-state index in [-0.39, 0.29) is 5.75 Å². The highest BCUT2D eigenvalue weighted by Gasteiger charge is 2.06. The average molecular weight is 286 g/mol. The molecule has 0 bridgehead atoms. The van der Waals surface area contributed by atoms with Gasteiger partial charge in [0.05, 0.1) is 7.11 Å². The first-order valence-electron chi connectivity index (χ1n) is 6.92. The minimum absolute atomic E-state index is 0.272.